The molecule has 0 aliphatic carbocycles. The van der Waals surface area contributed by atoms with Gasteiger partial charge in [-0.05, 0) is 40.9 Å². The molecule has 1 aliphatic rings. The molecule has 0 spiro atoms. The highest BCUT2D eigenvalue weighted by atomic mass is 79.9. The lowest BCUT2D eigenvalue weighted by molar-refractivity contribution is -0.118. The SMILES string of the molecule is CC1CNC(C)(c2ccc(Br)o2)OC1. The molecule has 3 nitrogen and oxygen atoms in total. The molecule has 0 radical (unpaired) electrons. The minimum atomic E-state index is -0.474. The van der Waals surface area contributed by atoms with Crippen LogP contribution >= 0.6 is 15.9 Å². The number of rotatable bonds is 1. The minimum absolute atomic E-state index is 0.474. The van der Waals surface area contributed by atoms with Gasteiger partial charge in [-0.2, -0.15) is 0 Å². The Hall–Kier alpha value is -0.320. The summed E-state index contributed by atoms with van der Waals surface area (Å²) in [5, 5.41) is 3.34. The summed E-state index contributed by atoms with van der Waals surface area (Å²) in [6.07, 6.45) is 0. The van der Waals surface area contributed by atoms with E-state index in [0.29, 0.717) is 5.92 Å². The zero-order valence-electron chi connectivity index (χ0n) is 8.34. The summed E-state index contributed by atoms with van der Waals surface area (Å²) < 4.78 is 12.0. The van der Waals surface area contributed by atoms with Crippen molar-refractivity contribution in [2.75, 3.05) is 13.2 Å². The Balaban J connectivity index is 2.16. The van der Waals surface area contributed by atoms with Crippen molar-refractivity contribution in [1.82, 2.24) is 5.32 Å². The third kappa shape index (κ3) is 1.87. The highest BCUT2D eigenvalue weighted by molar-refractivity contribution is 9.10. The molecule has 4 heteroatoms. The Morgan fingerprint density at radius 2 is 2.36 bits per heavy atom. The quantitative estimate of drug-likeness (QED) is 0.842. The number of hydrogen-bond acceptors (Lipinski definition) is 3. The van der Waals surface area contributed by atoms with E-state index in [4.69, 9.17) is 9.15 Å². The maximum atomic E-state index is 5.75. The van der Waals surface area contributed by atoms with Gasteiger partial charge >= 0.3 is 0 Å². The predicted octanol–water partition coefficient (Wildman–Crippen LogP) is 2.47. The zero-order chi connectivity index (χ0) is 10.2. The molecular formula is C10H14BrNO2. The first kappa shape index (κ1) is 10.2. The monoisotopic (exact) mass is 259 g/mol. The highest BCUT2D eigenvalue weighted by Crippen LogP contribution is 2.29. The van der Waals surface area contributed by atoms with E-state index < -0.39 is 5.72 Å². The van der Waals surface area contributed by atoms with E-state index in [1.807, 2.05) is 19.1 Å². The van der Waals surface area contributed by atoms with Gasteiger partial charge in [0.1, 0.15) is 0 Å². The smallest absolute Gasteiger partial charge is 0.175 e. The summed E-state index contributed by atoms with van der Waals surface area (Å²) in [4.78, 5) is 0. The fourth-order valence-electron chi connectivity index (χ4n) is 1.52. The molecule has 1 fully saturated rings. The number of nitrogens with one attached hydrogen (secondary N) is 1. The van der Waals surface area contributed by atoms with Crippen molar-refractivity contribution in [2.24, 2.45) is 5.92 Å². The Morgan fingerprint density at radius 3 is 2.86 bits per heavy atom. The first-order valence-corrected chi connectivity index (χ1v) is 5.54. The van der Waals surface area contributed by atoms with Gasteiger partial charge in [0, 0.05) is 6.54 Å². The minimum Gasteiger partial charge on any atom is -0.450 e. The fourth-order valence-corrected chi connectivity index (χ4v) is 1.82. The van der Waals surface area contributed by atoms with E-state index in [1.54, 1.807) is 0 Å². The maximum Gasteiger partial charge on any atom is 0.175 e. The van der Waals surface area contributed by atoms with Crippen LogP contribution in [0.3, 0.4) is 0 Å². The standard InChI is InChI=1S/C10H14BrNO2/c1-7-5-12-10(2,13-6-7)8-3-4-9(11)14-8/h3-4,7,12H,5-6H2,1-2H3. The number of halogens is 1. The second-order valence-corrected chi connectivity index (χ2v) is 4.72. The lowest BCUT2D eigenvalue weighted by Crippen LogP contribution is -2.49. The third-order valence-electron chi connectivity index (χ3n) is 2.49. The van der Waals surface area contributed by atoms with Crippen LogP contribution in [-0.4, -0.2) is 13.2 Å². The van der Waals surface area contributed by atoms with Gasteiger partial charge in [-0.15, -0.1) is 0 Å². The van der Waals surface area contributed by atoms with E-state index in [1.165, 1.54) is 0 Å². The van der Waals surface area contributed by atoms with E-state index in [2.05, 4.69) is 28.2 Å². The van der Waals surface area contributed by atoms with Gasteiger partial charge in [-0.3, -0.25) is 5.32 Å². The van der Waals surface area contributed by atoms with Gasteiger partial charge < -0.3 is 9.15 Å². The van der Waals surface area contributed by atoms with E-state index in [-0.39, 0.29) is 0 Å². The van der Waals surface area contributed by atoms with Crippen LogP contribution in [0.15, 0.2) is 21.2 Å². The highest BCUT2D eigenvalue weighted by Gasteiger charge is 2.34. The lowest BCUT2D eigenvalue weighted by Gasteiger charge is -2.36. The van der Waals surface area contributed by atoms with Gasteiger partial charge in [0.25, 0.3) is 0 Å². The normalized spacial score (nSPS) is 33.2. The van der Waals surface area contributed by atoms with Crippen molar-refractivity contribution >= 4 is 15.9 Å². The Bertz CT molecular complexity index is 316. The molecule has 0 amide bonds. The Labute approximate surface area is 91.9 Å². The molecule has 1 aromatic heterocycles. The van der Waals surface area contributed by atoms with Gasteiger partial charge in [0.05, 0.1) is 6.61 Å². The zero-order valence-corrected chi connectivity index (χ0v) is 9.93. The van der Waals surface area contributed by atoms with E-state index >= 15 is 0 Å². The van der Waals surface area contributed by atoms with Crippen LogP contribution in [0.25, 0.3) is 0 Å². The molecular weight excluding hydrogens is 246 g/mol. The molecule has 0 bridgehead atoms. The van der Waals surface area contributed by atoms with Gasteiger partial charge in [-0.25, -0.2) is 0 Å². The molecule has 0 aromatic carbocycles. The van der Waals surface area contributed by atoms with Crippen LogP contribution in [0.1, 0.15) is 19.6 Å². The summed E-state index contributed by atoms with van der Waals surface area (Å²) >= 11 is 3.28. The Kier molecular flexibility index (Phi) is 2.68. The summed E-state index contributed by atoms with van der Waals surface area (Å²) in [7, 11) is 0. The fraction of sp³-hybridized carbons (Fsp3) is 0.600. The molecule has 2 heterocycles. The van der Waals surface area contributed by atoms with Gasteiger partial charge in [-0.1, -0.05) is 6.92 Å². The average molecular weight is 260 g/mol. The number of ether oxygens (including phenoxy) is 1. The van der Waals surface area contributed by atoms with Crippen LogP contribution in [0.5, 0.6) is 0 Å². The molecule has 78 valence electrons. The van der Waals surface area contributed by atoms with Crippen molar-refractivity contribution in [3.63, 3.8) is 0 Å². The molecule has 2 rings (SSSR count). The molecule has 1 N–H and O–H groups in total. The van der Waals surface area contributed by atoms with Crippen molar-refractivity contribution < 1.29 is 9.15 Å². The molecule has 1 aliphatic heterocycles. The van der Waals surface area contributed by atoms with Crippen LogP contribution < -0.4 is 5.32 Å². The largest absolute Gasteiger partial charge is 0.450 e. The van der Waals surface area contributed by atoms with Crippen LogP contribution in [0.4, 0.5) is 0 Å². The molecule has 1 aromatic rings. The molecule has 14 heavy (non-hydrogen) atoms. The predicted molar refractivity (Wildman–Crippen MR) is 56.9 cm³/mol. The maximum absolute atomic E-state index is 5.75. The van der Waals surface area contributed by atoms with Crippen molar-refractivity contribution in [3.05, 3.63) is 22.6 Å². The van der Waals surface area contributed by atoms with Gasteiger partial charge in [0.15, 0.2) is 16.2 Å². The van der Waals surface area contributed by atoms with E-state index in [9.17, 15) is 0 Å². The summed E-state index contributed by atoms with van der Waals surface area (Å²) in [6.45, 7) is 5.87. The van der Waals surface area contributed by atoms with Crippen molar-refractivity contribution in [3.8, 4) is 0 Å². The second kappa shape index (κ2) is 3.68. The topological polar surface area (TPSA) is 34.4 Å². The third-order valence-corrected chi connectivity index (χ3v) is 2.91. The van der Waals surface area contributed by atoms with E-state index in [0.717, 1.165) is 23.6 Å². The molecule has 0 saturated carbocycles. The number of hydrogen-bond donors (Lipinski definition) is 1. The van der Waals surface area contributed by atoms with Gasteiger partial charge in [0.2, 0.25) is 0 Å². The van der Waals surface area contributed by atoms with Crippen molar-refractivity contribution in [1.29, 1.82) is 0 Å². The average Bonchev–Trinajstić information content (AvgIpc) is 2.58. The molecule has 2 unspecified atom stereocenters. The Morgan fingerprint density at radius 1 is 1.57 bits per heavy atom. The number of furan rings is 1. The first-order valence-electron chi connectivity index (χ1n) is 4.75. The summed E-state index contributed by atoms with van der Waals surface area (Å²) in [5.41, 5.74) is -0.474. The van der Waals surface area contributed by atoms with Crippen LogP contribution in [0.2, 0.25) is 0 Å². The lowest BCUT2D eigenvalue weighted by atomic mass is 10.1. The molecule has 2 atom stereocenters. The van der Waals surface area contributed by atoms with Crippen LogP contribution in [-0.2, 0) is 10.5 Å². The first-order chi connectivity index (χ1) is 6.60. The summed E-state index contributed by atoms with van der Waals surface area (Å²) in [6, 6.07) is 3.80. The second-order valence-electron chi connectivity index (χ2n) is 3.93. The van der Waals surface area contributed by atoms with Crippen LogP contribution in [0, 0.1) is 5.92 Å². The summed E-state index contributed by atoms with van der Waals surface area (Å²) in [5.74, 6) is 1.37. The molecule has 1 saturated heterocycles. The van der Waals surface area contributed by atoms with Crippen molar-refractivity contribution in [2.45, 2.75) is 19.6 Å².